The van der Waals surface area contributed by atoms with Gasteiger partial charge in [-0.2, -0.15) is 19.6 Å². The van der Waals surface area contributed by atoms with Crippen LogP contribution >= 0.6 is 23.2 Å². The van der Waals surface area contributed by atoms with Crippen molar-refractivity contribution in [2.75, 3.05) is 25.1 Å². The van der Waals surface area contributed by atoms with Crippen LogP contribution < -0.4 is 9.64 Å². The molecule has 0 atom stereocenters. The highest BCUT2D eigenvalue weighted by Gasteiger charge is 2.23. The molecule has 136 valence electrons. The second-order valence-corrected chi connectivity index (χ2v) is 7.09. The highest BCUT2D eigenvalue weighted by Crippen LogP contribution is 2.39. The summed E-state index contributed by atoms with van der Waals surface area (Å²) in [5.41, 5.74) is 1.70. The van der Waals surface area contributed by atoms with E-state index in [4.69, 9.17) is 27.9 Å². The first-order valence-electron chi connectivity index (χ1n) is 8.67. The number of benzene rings is 1. The highest BCUT2D eigenvalue weighted by molar-refractivity contribution is 6.34. The number of methoxy groups -OCH3 is 1. The average molecular weight is 392 g/mol. The summed E-state index contributed by atoms with van der Waals surface area (Å²) in [6, 6.07) is 5.64. The van der Waals surface area contributed by atoms with Crippen molar-refractivity contribution in [2.24, 2.45) is 0 Å². The van der Waals surface area contributed by atoms with E-state index in [1.165, 1.54) is 19.2 Å². The molecule has 0 N–H and O–H groups in total. The molecule has 0 bridgehead atoms. The minimum absolute atomic E-state index is 0.394. The lowest BCUT2D eigenvalue weighted by Gasteiger charge is -2.26. The third kappa shape index (κ3) is 3.08. The molecule has 8 heteroatoms. The van der Waals surface area contributed by atoms with Gasteiger partial charge < -0.3 is 9.64 Å². The Bertz CT molecular complexity index is 935. The number of aromatic nitrogens is 4. The van der Waals surface area contributed by atoms with Crippen molar-refractivity contribution in [3.63, 3.8) is 0 Å². The highest BCUT2D eigenvalue weighted by atomic mass is 35.5. The Labute approximate surface area is 161 Å². The van der Waals surface area contributed by atoms with E-state index in [1.54, 1.807) is 11.6 Å². The third-order valence-corrected chi connectivity index (χ3v) is 5.27. The van der Waals surface area contributed by atoms with E-state index in [0.29, 0.717) is 21.7 Å². The molecular weight excluding hydrogens is 373 g/mol. The summed E-state index contributed by atoms with van der Waals surface area (Å²) in [4.78, 5) is 11.0. The Hall–Kier alpha value is -2.05. The third-order valence-electron chi connectivity index (χ3n) is 4.70. The Kier molecular flexibility index (Phi) is 4.87. The average Bonchev–Trinajstić information content (AvgIpc) is 2.93. The fraction of sp³-hybridized carbons (Fsp3) is 0.389. The number of hydrogen-bond donors (Lipinski definition) is 0. The first kappa shape index (κ1) is 17.4. The first-order valence-corrected chi connectivity index (χ1v) is 9.42. The molecule has 0 unspecified atom stereocenters. The summed E-state index contributed by atoms with van der Waals surface area (Å²) in [5.74, 6) is 2.04. The van der Waals surface area contributed by atoms with Crippen LogP contribution in [0.2, 0.25) is 10.2 Å². The lowest BCUT2D eigenvalue weighted by atomic mass is 10.1. The Morgan fingerprint density at radius 1 is 1.08 bits per heavy atom. The Morgan fingerprint density at radius 3 is 2.54 bits per heavy atom. The number of halogens is 2. The molecule has 2 aromatic heterocycles. The fourth-order valence-corrected chi connectivity index (χ4v) is 3.97. The van der Waals surface area contributed by atoms with Gasteiger partial charge in [0.1, 0.15) is 23.0 Å². The van der Waals surface area contributed by atoms with Crippen molar-refractivity contribution < 1.29 is 4.74 Å². The van der Waals surface area contributed by atoms with Gasteiger partial charge in [0, 0.05) is 13.1 Å². The molecule has 1 fully saturated rings. The molecule has 4 rings (SSSR count). The Balaban J connectivity index is 1.94. The van der Waals surface area contributed by atoms with Gasteiger partial charge in [0.15, 0.2) is 0 Å². The van der Waals surface area contributed by atoms with Crippen molar-refractivity contribution in [2.45, 2.75) is 25.7 Å². The number of nitrogens with zero attached hydrogens (tertiary/aromatic N) is 5. The topological polar surface area (TPSA) is 55.6 Å². The van der Waals surface area contributed by atoms with Crippen molar-refractivity contribution in [1.82, 2.24) is 19.6 Å². The van der Waals surface area contributed by atoms with Crippen molar-refractivity contribution >= 4 is 34.8 Å². The monoisotopic (exact) mass is 391 g/mol. The van der Waals surface area contributed by atoms with Crippen LogP contribution in [0.15, 0.2) is 24.5 Å². The fourth-order valence-electron chi connectivity index (χ4n) is 3.45. The Morgan fingerprint density at radius 2 is 1.85 bits per heavy atom. The van der Waals surface area contributed by atoms with Crippen molar-refractivity contribution in [3.05, 3.63) is 34.7 Å². The molecule has 0 amide bonds. The van der Waals surface area contributed by atoms with Crippen LogP contribution in [0, 0.1) is 0 Å². The molecule has 0 saturated carbocycles. The molecule has 0 spiro atoms. The standard InChI is InChI=1S/C18H19Cl2N5O/c1-26-14-7-6-12(10-13(14)19)15-16(20)23-18-21-11-22-25(18)17(15)24-8-4-2-3-5-9-24/h6-7,10-11H,2-5,8-9H2,1H3. The molecule has 1 aliphatic rings. The zero-order chi connectivity index (χ0) is 18.1. The van der Waals surface area contributed by atoms with E-state index in [2.05, 4.69) is 20.0 Å². The van der Waals surface area contributed by atoms with Gasteiger partial charge in [0.05, 0.1) is 17.7 Å². The molecule has 0 radical (unpaired) electrons. The summed E-state index contributed by atoms with van der Waals surface area (Å²) in [6.07, 6.45) is 6.25. The maximum atomic E-state index is 6.59. The number of rotatable bonds is 3. The van der Waals surface area contributed by atoms with Crippen LogP contribution in [0.5, 0.6) is 5.75 Å². The number of fused-ring (bicyclic) bond motifs is 1. The quantitative estimate of drug-likeness (QED) is 0.615. The van der Waals surface area contributed by atoms with Gasteiger partial charge in [-0.1, -0.05) is 42.1 Å². The van der Waals surface area contributed by atoms with Gasteiger partial charge in [0.2, 0.25) is 0 Å². The van der Waals surface area contributed by atoms with Gasteiger partial charge >= 0.3 is 0 Å². The van der Waals surface area contributed by atoms with Gasteiger partial charge in [-0.05, 0) is 30.5 Å². The number of hydrogen-bond acceptors (Lipinski definition) is 5. The van der Waals surface area contributed by atoms with Crippen molar-refractivity contribution in [3.8, 4) is 16.9 Å². The first-order chi connectivity index (χ1) is 12.7. The number of ether oxygens (including phenoxy) is 1. The zero-order valence-electron chi connectivity index (χ0n) is 14.5. The van der Waals surface area contributed by atoms with Crippen LogP contribution in [-0.2, 0) is 0 Å². The van der Waals surface area contributed by atoms with Crippen LogP contribution in [0.3, 0.4) is 0 Å². The van der Waals surface area contributed by atoms with Crippen LogP contribution in [0.1, 0.15) is 25.7 Å². The zero-order valence-corrected chi connectivity index (χ0v) is 16.0. The smallest absolute Gasteiger partial charge is 0.255 e. The lowest BCUT2D eigenvalue weighted by molar-refractivity contribution is 0.415. The molecule has 26 heavy (non-hydrogen) atoms. The summed E-state index contributed by atoms with van der Waals surface area (Å²) in [7, 11) is 1.60. The van der Waals surface area contributed by atoms with Crippen LogP contribution in [0.25, 0.3) is 16.9 Å². The molecule has 1 saturated heterocycles. The normalized spacial score (nSPS) is 15.3. The van der Waals surface area contributed by atoms with Gasteiger partial charge in [-0.3, -0.25) is 0 Å². The predicted molar refractivity (Wildman–Crippen MR) is 103 cm³/mol. The van der Waals surface area contributed by atoms with Gasteiger partial charge in [0.25, 0.3) is 5.78 Å². The van der Waals surface area contributed by atoms with E-state index in [9.17, 15) is 0 Å². The van der Waals surface area contributed by atoms with Crippen LogP contribution in [-0.4, -0.2) is 39.8 Å². The molecular formula is C18H19Cl2N5O. The SMILES string of the molecule is COc1ccc(-c2c(Cl)nc3ncnn3c2N2CCCCCC2)cc1Cl. The lowest BCUT2D eigenvalue weighted by Crippen LogP contribution is -2.27. The van der Waals surface area contributed by atoms with E-state index < -0.39 is 0 Å². The van der Waals surface area contributed by atoms with E-state index in [0.717, 1.165) is 42.9 Å². The second kappa shape index (κ2) is 7.29. The molecule has 3 heterocycles. The molecule has 0 aliphatic carbocycles. The molecule has 3 aromatic rings. The molecule has 1 aromatic carbocycles. The molecule has 6 nitrogen and oxygen atoms in total. The minimum atomic E-state index is 0.394. The minimum Gasteiger partial charge on any atom is -0.495 e. The summed E-state index contributed by atoms with van der Waals surface area (Å²) < 4.78 is 7.04. The maximum absolute atomic E-state index is 6.59. The summed E-state index contributed by atoms with van der Waals surface area (Å²) in [6.45, 7) is 1.90. The predicted octanol–water partition coefficient (Wildman–Crippen LogP) is 4.49. The maximum Gasteiger partial charge on any atom is 0.255 e. The second-order valence-electron chi connectivity index (χ2n) is 6.32. The van der Waals surface area contributed by atoms with E-state index in [-0.39, 0.29) is 0 Å². The summed E-state index contributed by atoms with van der Waals surface area (Å²) >= 11 is 12.9. The number of anilines is 1. The van der Waals surface area contributed by atoms with E-state index in [1.807, 2.05) is 18.2 Å². The van der Waals surface area contributed by atoms with Gasteiger partial charge in [-0.15, -0.1) is 0 Å². The van der Waals surface area contributed by atoms with E-state index >= 15 is 0 Å². The van der Waals surface area contributed by atoms with Crippen molar-refractivity contribution in [1.29, 1.82) is 0 Å². The molecule has 1 aliphatic heterocycles. The largest absolute Gasteiger partial charge is 0.495 e. The van der Waals surface area contributed by atoms with Gasteiger partial charge in [-0.25, -0.2) is 0 Å². The summed E-state index contributed by atoms with van der Waals surface area (Å²) in [5, 5.41) is 5.32. The van der Waals surface area contributed by atoms with Crippen LogP contribution in [0.4, 0.5) is 5.82 Å².